The van der Waals surface area contributed by atoms with E-state index in [4.69, 9.17) is 11.0 Å². The molecule has 0 aromatic heterocycles. The van der Waals surface area contributed by atoms with Crippen LogP contribution < -0.4 is 10.6 Å². The quantitative estimate of drug-likeness (QED) is 0.904. The summed E-state index contributed by atoms with van der Waals surface area (Å²) in [4.78, 5) is 2.22. The van der Waals surface area contributed by atoms with Gasteiger partial charge in [0.15, 0.2) is 0 Å². The monoisotopic (exact) mass is 309 g/mol. The van der Waals surface area contributed by atoms with Gasteiger partial charge in [0.1, 0.15) is 0 Å². The van der Waals surface area contributed by atoms with E-state index in [0.29, 0.717) is 12.5 Å². The maximum absolute atomic E-state index is 8.71. The van der Waals surface area contributed by atoms with E-state index in [9.17, 15) is 0 Å². The van der Waals surface area contributed by atoms with Crippen molar-refractivity contribution in [1.82, 2.24) is 0 Å². The number of rotatable bonds is 5. The molecular weight excluding hydrogens is 290 g/mol. The van der Waals surface area contributed by atoms with Crippen molar-refractivity contribution in [3.05, 3.63) is 28.2 Å². The molecule has 98 valence electrons. The van der Waals surface area contributed by atoms with Crippen LogP contribution >= 0.6 is 15.9 Å². The molecule has 0 aliphatic rings. The first-order valence-electron chi connectivity index (χ1n) is 6.16. The molecule has 18 heavy (non-hydrogen) atoms. The Morgan fingerprint density at radius 3 is 2.50 bits per heavy atom. The Kier molecular flexibility index (Phi) is 5.64. The summed E-state index contributed by atoms with van der Waals surface area (Å²) in [5, 5.41) is 8.71. The Balaban J connectivity index is 3.00. The lowest BCUT2D eigenvalue weighted by molar-refractivity contribution is 0.686. The van der Waals surface area contributed by atoms with Gasteiger partial charge in [-0.15, -0.1) is 0 Å². The van der Waals surface area contributed by atoms with E-state index in [2.05, 4.69) is 52.9 Å². The standard InChI is InChI=1S/C14H20BrN3/c1-10(2)18(8-4-7-16)12-5-6-13(11(3)17)14(15)9-12/h5-6,9-11H,4,8,17H2,1-3H3. The van der Waals surface area contributed by atoms with Crippen molar-refractivity contribution < 1.29 is 0 Å². The molecule has 0 heterocycles. The highest BCUT2D eigenvalue weighted by molar-refractivity contribution is 9.10. The molecule has 0 saturated heterocycles. The maximum atomic E-state index is 8.71. The molecule has 0 spiro atoms. The van der Waals surface area contributed by atoms with Gasteiger partial charge in [-0.2, -0.15) is 5.26 Å². The normalized spacial score (nSPS) is 12.3. The van der Waals surface area contributed by atoms with E-state index in [-0.39, 0.29) is 6.04 Å². The minimum absolute atomic E-state index is 0.0139. The van der Waals surface area contributed by atoms with Crippen LogP contribution in [-0.2, 0) is 0 Å². The van der Waals surface area contributed by atoms with Crippen molar-refractivity contribution in [3.8, 4) is 6.07 Å². The van der Waals surface area contributed by atoms with Gasteiger partial charge in [0.25, 0.3) is 0 Å². The van der Waals surface area contributed by atoms with Gasteiger partial charge >= 0.3 is 0 Å². The third kappa shape index (κ3) is 3.72. The number of anilines is 1. The molecule has 0 bridgehead atoms. The Labute approximate surface area is 118 Å². The van der Waals surface area contributed by atoms with E-state index in [1.165, 1.54) is 0 Å². The van der Waals surface area contributed by atoms with Gasteiger partial charge < -0.3 is 10.6 Å². The van der Waals surface area contributed by atoms with E-state index in [1.807, 2.05) is 13.0 Å². The Morgan fingerprint density at radius 1 is 1.39 bits per heavy atom. The van der Waals surface area contributed by atoms with E-state index in [1.54, 1.807) is 0 Å². The fourth-order valence-electron chi connectivity index (χ4n) is 1.92. The molecule has 0 radical (unpaired) electrons. The van der Waals surface area contributed by atoms with Gasteiger partial charge in [-0.1, -0.05) is 22.0 Å². The fraction of sp³-hybridized carbons (Fsp3) is 0.500. The molecule has 0 fully saturated rings. The smallest absolute Gasteiger partial charge is 0.0640 e. The molecule has 1 aromatic carbocycles. The van der Waals surface area contributed by atoms with Gasteiger partial charge in [0.2, 0.25) is 0 Å². The van der Waals surface area contributed by atoms with Gasteiger partial charge in [-0.25, -0.2) is 0 Å². The van der Waals surface area contributed by atoms with Crippen LogP contribution in [0.3, 0.4) is 0 Å². The highest BCUT2D eigenvalue weighted by Gasteiger charge is 2.13. The first-order valence-corrected chi connectivity index (χ1v) is 6.95. The highest BCUT2D eigenvalue weighted by atomic mass is 79.9. The summed E-state index contributed by atoms with van der Waals surface area (Å²) in [5.41, 5.74) is 8.12. The zero-order chi connectivity index (χ0) is 13.7. The number of nitriles is 1. The zero-order valence-corrected chi connectivity index (χ0v) is 12.7. The van der Waals surface area contributed by atoms with Crippen molar-refractivity contribution >= 4 is 21.6 Å². The van der Waals surface area contributed by atoms with Crippen molar-refractivity contribution in [1.29, 1.82) is 5.26 Å². The summed E-state index contributed by atoms with van der Waals surface area (Å²) in [6, 6.07) is 8.77. The van der Waals surface area contributed by atoms with Crippen LogP contribution in [0.4, 0.5) is 5.69 Å². The van der Waals surface area contributed by atoms with Gasteiger partial charge in [0, 0.05) is 28.8 Å². The molecule has 1 unspecified atom stereocenters. The summed E-state index contributed by atoms with van der Waals surface area (Å²) >= 11 is 3.56. The predicted octanol–water partition coefficient (Wildman–Crippen LogP) is 3.60. The molecular formula is C14H20BrN3. The second-order valence-corrected chi connectivity index (χ2v) is 5.54. The van der Waals surface area contributed by atoms with Crippen LogP contribution in [0, 0.1) is 11.3 Å². The Bertz CT molecular complexity index is 435. The van der Waals surface area contributed by atoms with Crippen LogP contribution in [0.15, 0.2) is 22.7 Å². The zero-order valence-electron chi connectivity index (χ0n) is 11.2. The summed E-state index contributed by atoms with van der Waals surface area (Å²) < 4.78 is 1.03. The van der Waals surface area contributed by atoms with Gasteiger partial charge in [0.05, 0.1) is 12.5 Å². The molecule has 1 atom stereocenters. The van der Waals surface area contributed by atoms with E-state index >= 15 is 0 Å². The minimum Gasteiger partial charge on any atom is -0.368 e. The first-order chi connectivity index (χ1) is 8.47. The van der Waals surface area contributed by atoms with Crippen molar-refractivity contribution in [2.24, 2.45) is 5.73 Å². The molecule has 0 saturated carbocycles. The lowest BCUT2D eigenvalue weighted by atomic mass is 10.1. The molecule has 0 aliphatic carbocycles. The molecule has 1 aromatic rings. The van der Waals surface area contributed by atoms with Crippen LogP contribution in [0.25, 0.3) is 0 Å². The minimum atomic E-state index is 0.0139. The Morgan fingerprint density at radius 2 is 2.06 bits per heavy atom. The van der Waals surface area contributed by atoms with Crippen molar-refractivity contribution in [2.75, 3.05) is 11.4 Å². The summed E-state index contributed by atoms with van der Waals surface area (Å²) in [6.45, 7) is 6.98. The molecule has 3 nitrogen and oxygen atoms in total. The summed E-state index contributed by atoms with van der Waals surface area (Å²) in [6.07, 6.45) is 0.533. The third-order valence-corrected chi connectivity index (χ3v) is 3.58. The topological polar surface area (TPSA) is 53.0 Å². The van der Waals surface area contributed by atoms with Crippen LogP contribution in [0.1, 0.15) is 38.8 Å². The van der Waals surface area contributed by atoms with Gasteiger partial charge in [-0.05, 0) is 38.5 Å². The predicted molar refractivity (Wildman–Crippen MR) is 79.5 cm³/mol. The van der Waals surface area contributed by atoms with Crippen LogP contribution in [-0.4, -0.2) is 12.6 Å². The SMILES string of the molecule is CC(N)c1ccc(N(CCC#N)C(C)C)cc1Br. The first kappa shape index (κ1) is 15.0. The Hall–Kier alpha value is -1.05. The van der Waals surface area contributed by atoms with E-state index < -0.39 is 0 Å². The molecule has 4 heteroatoms. The number of benzene rings is 1. The van der Waals surface area contributed by atoms with Crippen LogP contribution in [0.5, 0.6) is 0 Å². The van der Waals surface area contributed by atoms with Gasteiger partial charge in [-0.3, -0.25) is 0 Å². The van der Waals surface area contributed by atoms with E-state index in [0.717, 1.165) is 22.3 Å². The summed E-state index contributed by atoms with van der Waals surface area (Å²) in [7, 11) is 0. The maximum Gasteiger partial charge on any atom is 0.0640 e. The highest BCUT2D eigenvalue weighted by Crippen LogP contribution is 2.28. The number of halogens is 1. The molecule has 0 amide bonds. The third-order valence-electron chi connectivity index (χ3n) is 2.89. The number of hydrogen-bond donors (Lipinski definition) is 1. The lowest BCUT2D eigenvalue weighted by Crippen LogP contribution is -2.31. The number of nitrogens with zero attached hydrogens (tertiary/aromatic N) is 2. The second-order valence-electron chi connectivity index (χ2n) is 4.69. The molecule has 2 N–H and O–H groups in total. The van der Waals surface area contributed by atoms with Crippen molar-refractivity contribution in [3.63, 3.8) is 0 Å². The lowest BCUT2D eigenvalue weighted by Gasteiger charge is -2.29. The average Bonchev–Trinajstić information content (AvgIpc) is 2.28. The number of nitrogens with two attached hydrogens (primary N) is 1. The average molecular weight is 310 g/mol. The number of hydrogen-bond acceptors (Lipinski definition) is 3. The largest absolute Gasteiger partial charge is 0.368 e. The second kappa shape index (κ2) is 6.77. The van der Waals surface area contributed by atoms with Crippen LogP contribution in [0.2, 0.25) is 0 Å². The molecule has 1 rings (SSSR count). The molecule has 0 aliphatic heterocycles. The van der Waals surface area contributed by atoms with Crippen molar-refractivity contribution in [2.45, 2.75) is 39.3 Å². The fourth-order valence-corrected chi connectivity index (χ4v) is 2.65. The summed E-state index contributed by atoms with van der Waals surface area (Å²) in [5.74, 6) is 0.